The zero-order valence-corrected chi connectivity index (χ0v) is 15.6. The second-order valence-corrected chi connectivity index (χ2v) is 5.94. The molecule has 6 nitrogen and oxygen atoms in total. The topological polar surface area (TPSA) is 67.4 Å². The fourth-order valence-electron chi connectivity index (χ4n) is 2.92. The molecule has 6 heteroatoms. The largest absolute Gasteiger partial charge is 0.464 e. The van der Waals surface area contributed by atoms with Gasteiger partial charge in [0.1, 0.15) is 11.5 Å². The highest BCUT2D eigenvalue weighted by molar-refractivity contribution is 5.80. The van der Waals surface area contributed by atoms with Crippen LogP contribution in [0, 0.1) is 6.92 Å². The first-order valence-corrected chi connectivity index (χ1v) is 8.57. The molecule has 2 rings (SSSR count). The maximum absolute atomic E-state index is 5.67. The van der Waals surface area contributed by atoms with Gasteiger partial charge in [0.05, 0.1) is 11.7 Å². The fraction of sp³-hybridized carbons (Fsp3) is 0.556. The van der Waals surface area contributed by atoms with E-state index in [1.807, 2.05) is 30.8 Å². The number of rotatable bonds is 6. The van der Waals surface area contributed by atoms with Crippen molar-refractivity contribution in [3.8, 4) is 0 Å². The summed E-state index contributed by atoms with van der Waals surface area (Å²) in [7, 11) is 3.79. The van der Waals surface area contributed by atoms with Gasteiger partial charge >= 0.3 is 0 Å². The fourth-order valence-corrected chi connectivity index (χ4v) is 2.92. The Kier molecular flexibility index (Phi) is 6.06. The van der Waals surface area contributed by atoms with Crippen LogP contribution in [-0.4, -0.2) is 22.8 Å². The van der Waals surface area contributed by atoms with Gasteiger partial charge in [0.15, 0.2) is 5.96 Å². The molecule has 24 heavy (non-hydrogen) atoms. The maximum Gasteiger partial charge on any atom is 0.191 e. The summed E-state index contributed by atoms with van der Waals surface area (Å²) < 4.78 is 7.66. The lowest BCUT2D eigenvalue weighted by atomic mass is 10.1. The van der Waals surface area contributed by atoms with E-state index in [4.69, 9.17) is 4.42 Å². The van der Waals surface area contributed by atoms with Crippen LogP contribution in [0.1, 0.15) is 55.3 Å². The lowest BCUT2D eigenvalue weighted by molar-refractivity contribution is 0.441. The molecule has 2 N–H and O–H groups in total. The van der Waals surface area contributed by atoms with Crippen molar-refractivity contribution in [2.75, 3.05) is 7.05 Å². The minimum Gasteiger partial charge on any atom is -0.464 e. The molecule has 0 aromatic carbocycles. The molecular weight excluding hydrogens is 302 g/mol. The first kappa shape index (κ1) is 18.1. The van der Waals surface area contributed by atoms with Gasteiger partial charge in [-0.3, -0.25) is 9.67 Å². The standard InChI is InChI=1S/C18H29N5O/c1-7-15-14(16(8-2)23(6)22-15)11-20-18(19-5)21-13(4)17-10-9-12(3)24-17/h9-10,13H,7-8,11H2,1-6H3,(H2,19,20,21). The van der Waals surface area contributed by atoms with E-state index in [9.17, 15) is 0 Å². The number of aromatic nitrogens is 2. The van der Waals surface area contributed by atoms with Crippen LogP contribution in [0.15, 0.2) is 21.5 Å². The van der Waals surface area contributed by atoms with Crippen molar-refractivity contribution in [2.45, 2.75) is 53.1 Å². The summed E-state index contributed by atoms with van der Waals surface area (Å²) in [6.45, 7) is 9.02. The van der Waals surface area contributed by atoms with Crippen molar-refractivity contribution >= 4 is 5.96 Å². The number of hydrogen-bond acceptors (Lipinski definition) is 3. The molecule has 0 amide bonds. The number of hydrogen-bond donors (Lipinski definition) is 2. The zero-order valence-electron chi connectivity index (χ0n) is 15.6. The van der Waals surface area contributed by atoms with Crippen LogP contribution < -0.4 is 10.6 Å². The van der Waals surface area contributed by atoms with E-state index in [1.165, 1.54) is 11.3 Å². The summed E-state index contributed by atoms with van der Waals surface area (Å²) in [5, 5.41) is 11.4. The van der Waals surface area contributed by atoms with Crippen LogP contribution in [-0.2, 0) is 26.4 Å². The van der Waals surface area contributed by atoms with Crippen molar-refractivity contribution in [3.05, 3.63) is 40.6 Å². The van der Waals surface area contributed by atoms with Gasteiger partial charge in [-0.15, -0.1) is 0 Å². The van der Waals surface area contributed by atoms with E-state index in [0.29, 0.717) is 6.54 Å². The average molecular weight is 331 g/mol. The molecule has 1 unspecified atom stereocenters. The number of aryl methyl sites for hydroxylation is 3. The molecular formula is C18H29N5O. The van der Waals surface area contributed by atoms with E-state index in [0.717, 1.165) is 36.0 Å². The molecule has 0 aliphatic heterocycles. The summed E-state index contributed by atoms with van der Waals surface area (Å²) in [6.07, 6.45) is 1.90. The minimum absolute atomic E-state index is 0.0510. The first-order chi connectivity index (χ1) is 11.5. The lowest BCUT2D eigenvalue weighted by Crippen LogP contribution is -2.38. The predicted molar refractivity (Wildman–Crippen MR) is 97.2 cm³/mol. The molecule has 0 radical (unpaired) electrons. The molecule has 0 aliphatic rings. The van der Waals surface area contributed by atoms with Gasteiger partial charge in [0.25, 0.3) is 0 Å². The Hall–Kier alpha value is -2.24. The van der Waals surface area contributed by atoms with Gasteiger partial charge in [-0.25, -0.2) is 0 Å². The molecule has 0 bridgehead atoms. The minimum atomic E-state index is 0.0510. The van der Waals surface area contributed by atoms with Crippen molar-refractivity contribution < 1.29 is 4.42 Å². The first-order valence-electron chi connectivity index (χ1n) is 8.57. The molecule has 0 aliphatic carbocycles. The van der Waals surface area contributed by atoms with Gasteiger partial charge in [0, 0.05) is 31.9 Å². The number of guanidine groups is 1. The molecule has 0 saturated carbocycles. The monoisotopic (exact) mass is 331 g/mol. The second kappa shape index (κ2) is 8.04. The number of aliphatic imine (C=N–C) groups is 1. The van der Waals surface area contributed by atoms with Crippen molar-refractivity contribution in [2.24, 2.45) is 12.0 Å². The Morgan fingerprint density at radius 1 is 1.33 bits per heavy atom. The molecule has 0 fully saturated rings. The van der Waals surface area contributed by atoms with E-state index in [-0.39, 0.29) is 6.04 Å². The normalized spacial score (nSPS) is 13.2. The van der Waals surface area contributed by atoms with Crippen LogP contribution in [0.2, 0.25) is 0 Å². The highest BCUT2D eigenvalue weighted by atomic mass is 16.3. The van der Waals surface area contributed by atoms with E-state index < -0.39 is 0 Å². The van der Waals surface area contributed by atoms with Gasteiger partial charge < -0.3 is 15.1 Å². The third kappa shape index (κ3) is 3.99. The SMILES string of the molecule is CCc1nn(C)c(CC)c1CNC(=NC)NC(C)c1ccc(C)o1. The van der Waals surface area contributed by atoms with Crippen LogP contribution in [0.5, 0.6) is 0 Å². The Morgan fingerprint density at radius 3 is 2.62 bits per heavy atom. The predicted octanol–water partition coefficient (Wildman–Crippen LogP) is 2.87. The van der Waals surface area contributed by atoms with Gasteiger partial charge in [-0.2, -0.15) is 5.10 Å². The van der Waals surface area contributed by atoms with Crippen molar-refractivity contribution in [1.82, 2.24) is 20.4 Å². The van der Waals surface area contributed by atoms with E-state index in [2.05, 4.69) is 41.5 Å². The van der Waals surface area contributed by atoms with Crippen LogP contribution >= 0.6 is 0 Å². The highest BCUT2D eigenvalue weighted by Crippen LogP contribution is 2.17. The summed E-state index contributed by atoms with van der Waals surface area (Å²) in [5.41, 5.74) is 3.68. The van der Waals surface area contributed by atoms with Gasteiger partial charge in [-0.05, 0) is 38.8 Å². The van der Waals surface area contributed by atoms with E-state index >= 15 is 0 Å². The van der Waals surface area contributed by atoms with Crippen LogP contribution in [0.25, 0.3) is 0 Å². The summed E-state index contributed by atoms with van der Waals surface area (Å²) in [4.78, 5) is 4.32. The molecule has 0 saturated heterocycles. The summed E-state index contributed by atoms with van der Waals surface area (Å²) in [5.74, 6) is 2.57. The summed E-state index contributed by atoms with van der Waals surface area (Å²) >= 11 is 0. The highest BCUT2D eigenvalue weighted by Gasteiger charge is 2.15. The molecule has 2 aromatic rings. The molecule has 0 spiro atoms. The van der Waals surface area contributed by atoms with Crippen LogP contribution in [0.3, 0.4) is 0 Å². The third-order valence-electron chi connectivity index (χ3n) is 4.23. The van der Waals surface area contributed by atoms with Crippen molar-refractivity contribution in [3.63, 3.8) is 0 Å². The lowest BCUT2D eigenvalue weighted by Gasteiger charge is -2.17. The third-order valence-corrected chi connectivity index (χ3v) is 4.23. The number of nitrogens with zero attached hydrogens (tertiary/aromatic N) is 3. The Labute approximate surface area is 144 Å². The molecule has 132 valence electrons. The van der Waals surface area contributed by atoms with E-state index in [1.54, 1.807) is 7.05 Å². The Bertz CT molecular complexity index is 698. The average Bonchev–Trinajstić information content (AvgIpc) is 3.14. The number of furan rings is 1. The van der Waals surface area contributed by atoms with Crippen molar-refractivity contribution in [1.29, 1.82) is 0 Å². The summed E-state index contributed by atoms with van der Waals surface area (Å²) in [6, 6.07) is 4.02. The molecule has 2 aromatic heterocycles. The molecule has 2 heterocycles. The van der Waals surface area contributed by atoms with Gasteiger partial charge in [0.2, 0.25) is 0 Å². The quantitative estimate of drug-likeness (QED) is 0.631. The zero-order chi connectivity index (χ0) is 17.7. The maximum atomic E-state index is 5.67. The number of nitrogens with one attached hydrogen (secondary N) is 2. The second-order valence-electron chi connectivity index (χ2n) is 5.94. The van der Waals surface area contributed by atoms with Crippen LogP contribution in [0.4, 0.5) is 0 Å². The van der Waals surface area contributed by atoms with Gasteiger partial charge in [-0.1, -0.05) is 13.8 Å². The molecule has 1 atom stereocenters. The Balaban J connectivity index is 2.04. The smallest absolute Gasteiger partial charge is 0.191 e. The Morgan fingerprint density at radius 2 is 2.08 bits per heavy atom.